The van der Waals surface area contributed by atoms with Gasteiger partial charge in [-0.1, -0.05) is 117 Å². The molecule has 0 bridgehead atoms. The van der Waals surface area contributed by atoms with Crippen LogP contribution in [-0.4, -0.2) is 9.97 Å². The second-order valence-corrected chi connectivity index (χ2v) is 14.2. The number of aromatic nitrogens is 2. The number of nitrogens with zero attached hydrogens (tertiary/aromatic N) is 3. The Hall–Kier alpha value is -6.89. The maximum atomic E-state index is 9.65. The second-order valence-electron chi connectivity index (χ2n) is 14.2. The van der Waals surface area contributed by atoms with Gasteiger partial charge >= 0.3 is 0 Å². The van der Waals surface area contributed by atoms with Crippen molar-refractivity contribution >= 4 is 0 Å². The minimum absolute atomic E-state index is 0.240. The molecule has 6 aromatic carbocycles. The molecule has 0 unspecified atom stereocenters. The molecule has 1 aliphatic carbocycles. The molecule has 9 rings (SSSR count). The number of benzene rings is 6. The van der Waals surface area contributed by atoms with Crippen molar-refractivity contribution < 1.29 is 0 Å². The Morgan fingerprint density at radius 1 is 0.415 bits per heavy atom. The Morgan fingerprint density at radius 3 is 1.55 bits per heavy atom. The summed E-state index contributed by atoms with van der Waals surface area (Å²) in [5.74, 6) is 0. The highest BCUT2D eigenvalue weighted by atomic mass is 14.7. The zero-order chi connectivity index (χ0) is 35.9. The van der Waals surface area contributed by atoms with Gasteiger partial charge in [-0.25, -0.2) is 4.98 Å². The Bertz CT molecular complexity index is 2670. The summed E-state index contributed by atoms with van der Waals surface area (Å²) in [7, 11) is 0. The smallest absolute Gasteiger partial charge is 0.0991 e. The van der Waals surface area contributed by atoms with Crippen LogP contribution in [0, 0.1) is 11.3 Å². The minimum Gasteiger partial charge on any atom is -0.265 e. The maximum absolute atomic E-state index is 9.65. The summed E-state index contributed by atoms with van der Waals surface area (Å²) in [5.41, 5.74) is 18.4. The number of nitriles is 1. The van der Waals surface area contributed by atoms with Gasteiger partial charge in [0.25, 0.3) is 0 Å². The highest BCUT2D eigenvalue weighted by Crippen LogP contribution is 2.50. The molecule has 3 nitrogen and oxygen atoms in total. The van der Waals surface area contributed by atoms with Gasteiger partial charge in [-0.05, 0) is 127 Å². The van der Waals surface area contributed by atoms with Gasteiger partial charge in [-0.3, -0.25) is 4.98 Å². The van der Waals surface area contributed by atoms with Gasteiger partial charge in [-0.2, -0.15) is 5.26 Å². The fourth-order valence-corrected chi connectivity index (χ4v) is 7.73. The molecule has 0 saturated carbocycles. The molecular weight excluding hydrogens is 643 g/mol. The van der Waals surface area contributed by atoms with Gasteiger partial charge < -0.3 is 0 Å². The quantitative estimate of drug-likeness (QED) is 0.176. The van der Waals surface area contributed by atoms with Gasteiger partial charge in [0.05, 0.1) is 23.0 Å². The van der Waals surface area contributed by atoms with Gasteiger partial charge in [-0.15, -0.1) is 0 Å². The molecule has 53 heavy (non-hydrogen) atoms. The minimum atomic E-state index is -0.240. The van der Waals surface area contributed by atoms with Crippen LogP contribution < -0.4 is 0 Å². The van der Waals surface area contributed by atoms with E-state index in [2.05, 4.69) is 170 Å². The lowest BCUT2D eigenvalue weighted by Gasteiger charge is -2.22. The summed E-state index contributed by atoms with van der Waals surface area (Å²) in [5, 5.41) is 9.65. The molecular formula is C50H35N3. The predicted octanol–water partition coefficient (Wildman–Crippen LogP) is 12.7. The predicted molar refractivity (Wildman–Crippen MR) is 217 cm³/mol. The lowest BCUT2D eigenvalue weighted by Crippen LogP contribution is -2.15. The van der Waals surface area contributed by atoms with Gasteiger partial charge in [0.2, 0.25) is 0 Å². The van der Waals surface area contributed by atoms with Crippen LogP contribution in [0.1, 0.15) is 30.5 Å². The fourth-order valence-electron chi connectivity index (χ4n) is 7.73. The van der Waals surface area contributed by atoms with Crippen LogP contribution in [0.4, 0.5) is 0 Å². The molecule has 3 heteroatoms. The zero-order valence-electron chi connectivity index (χ0n) is 29.6. The number of pyridine rings is 2. The molecule has 0 atom stereocenters. The first-order chi connectivity index (χ1) is 25.9. The Balaban J connectivity index is 1.20. The molecule has 8 aromatic rings. The zero-order valence-corrected chi connectivity index (χ0v) is 29.6. The van der Waals surface area contributed by atoms with E-state index >= 15 is 0 Å². The Kier molecular flexibility index (Phi) is 7.87. The van der Waals surface area contributed by atoms with Crippen molar-refractivity contribution in [1.82, 2.24) is 9.97 Å². The molecule has 0 fully saturated rings. The SMILES string of the molecule is CC1(C)c2cc(C#N)ccc2-c2ccc(-c3cc(-c4ccncc4)cc(-c4cc(-c5ccc(-c6ccccc6)cc5)cc(-c5ccccc5)n4)c3)cc21. The number of hydrogen-bond donors (Lipinski definition) is 0. The molecule has 250 valence electrons. The third-order valence-electron chi connectivity index (χ3n) is 10.6. The second kappa shape index (κ2) is 13.0. The van der Waals surface area contributed by atoms with Crippen LogP contribution in [0.3, 0.4) is 0 Å². The fraction of sp³-hybridized carbons (Fsp3) is 0.0600. The van der Waals surface area contributed by atoms with Crippen LogP contribution in [0.2, 0.25) is 0 Å². The number of hydrogen-bond acceptors (Lipinski definition) is 3. The standard InChI is InChI=1S/C50H35N3/c1-50(2)46-25-33(32-51)13-19-44(46)45-20-18-39(29-47(45)50)41-26-40(37-21-23-52-24-22-37)27-43(28-41)49-31-42(30-48(53-49)38-11-7-4-8-12-38)36-16-14-35(15-17-36)34-9-5-3-6-10-34/h3-31H,1-2H3. The maximum Gasteiger partial charge on any atom is 0.0991 e. The molecule has 0 spiro atoms. The normalized spacial score (nSPS) is 12.5. The van der Waals surface area contributed by atoms with Crippen molar-refractivity contribution in [2.24, 2.45) is 0 Å². The molecule has 2 heterocycles. The van der Waals surface area contributed by atoms with Gasteiger partial charge in [0.15, 0.2) is 0 Å². The van der Waals surface area contributed by atoms with Crippen molar-refractivity contribution in [1.29, 1.82) is 5.26 Å². The van der Waals surface area contributed by atoms with E-state index in [9.17, 15) is 5.26 Å². The summed E-state index contributed by atoms with van der Waals surface area (Å²) in [4.78, 5) is 9.62. The van der Waals surface area contributed by atoms with Crippen molar-refractivity contribution in [3.05, 3.63) is 193 Å². The summed E-state index contributed by atoms with van der Waals surface area (Å²) >= 11 is 0. The highest BCUT2D eigenvalue weighted by molar-refractivity contribution is 5.87. The first-order valence-electron chi connectivity index (χ1n) is 17.9. The van der Waals surface area contributed by atoms with E-state index in [4.69, 9.17) is 4.98 Å². The Morgan fingerprint density at radius 2 is 0.887 bits per heavy atom. The van der Waals surface area contributed by atoms with Crippen LogP contribution in [0.15, 0.2) is 176 Å². The lowest BCUT2D eigenvalue weighted by atomic mass is 9.81. The lowest BCUT2D eigenvalue weighted by molar-refractivity contribution is 0.660. The van der Waals surface area contributed by atoms with Crippen LogP contribution in [0.5, 0.6) is 0 Å². The molecule has 0 aliphatic heterocycles. The van der Waals surface area contributed by atoms with Gasteiger partial charge in [0, 0.05) is 28.9 Å². The molecule has 0 N–H and O–H groups in total. The molecule has 0 saturated heterocycles. The number of fused-ring (bicyclic) bond motifs is 3. The van der Waals surface area contributed by atoms with E-state index in [1.807, 2.05) is 30.6 Å². The first-order valence-corrected chi connectivity index (χ1v) is 17.9. The monoisotopic (exact) mass is 677 g/mol. The highest BCUT2D eigenvalue weighted by Gasteiger charge is 2.35. The summed E-state index contributed by atoms with van der Waals surface area (Å²) < 4.78 is 0. The Labute approximate surface area is 310 Å². The van der Waals surface area contributed by atoms with Crippen LogP contribution in [0.25, 0.3) is 78.1 Å². The van der Waals surface area contributed by atoms with Crippen molar-refractivity contribution in [2.45, 2.75) is 19.3 Å². The molecule has 2 aromatic heterocycles. The summed E-state index contributed by atoms with van der Waals surface area (Å²) in [6, 6.07) is 60.3. The van der Waals surface area contributed by atoms with Crippen LogP contribution >= 0.6 is 0 Å². The van der Waals surface area contributed by atoms with Crippen molar-refractivity contribution in [2.75, 3.05) is 0 Å². The topological polar surface area (TPSA) is 49.6 Å². The molecule has 0 amide bonds. The van der Waals surface area contributed by atoms with E-state index < -0.39 is 0 Å². The summed E-state index contributed by atoms with van der Waals surface area (Å²) in [6.45, 7) is 4.52. The number of rotatable bonds is 6. The van der Waals surface area contributed by atoms with E-state index in [-0.39, 0.29) is 5.41 Å². The first kappa shape index (κ1) is 32.0. The average Bonchev–Trinajstić information content (AvgIpc) is 3.46. The van der Waals surface area contributed by atoms with Crippen LogP contribution in [-0.2, 0) is 5.41 Å². The van der Waals surface area contributed by atoms with E-state index in [0.29, 0.717) is 5.56 Å². The van der Waals surface area contributed by atoms with E-state index in [1.165, 1.54) is 33.4 Å². The third kappa shape index (κ3) is 5.91. The van der Waals surface area contributed by atoms with Crippen molar-refractivity contribution in [3.8, 4) is 84.2 Å². The molecule has 0 radical (unpaired) electrons. The molecule has 1 aliphatic rings. The van der Waals surface area contributed by atoms with Crippen molar-refractivity contribution in [3.63, 3.8) is 0 Å². The summed E-state index contributed by atoms with van der Waals surface area (Å²) in [6.07, 6.45) is 3.69. The van der Waals surface area contributed by atoms with E-state index in [0.717, 1.165) is 55.9 Å². The third-order valence-corrected chi connectivity index (χ3v) is 10.6. The largest absolute Gasteiger partial charge is 0.265 e. The van der Waals surface area contributed by atoms with Gasteiger partial charge in [0.1, 0.15) is 0 Å². The van der Waals surface area contributed by atoms with E-state index in [1.54, 1.807) is 0 Å². The average molecular weight is 678 g/mol.